The molecule has 0 aliphatic rings. The van der Waals surface area contributed by atoms with E-state index in [1.165, 1.54) is 0 Å². The van der Waals surface area contributed by atoms with Crippen molar-refractivity contribution in [2.24, 2.45) is 0 Å². The van der Waals surface area contributed by atoms with Gasteiger partial charge in [0.15, 0.2) is 0 Å². The molecule has 0 unspecified atom stereocenters. The van der Waals surface area contributed by atoms with Crippen LogP contribution in [0.15, 0.2) is 78.9 Å². The highest BCUT2D eigenvalue weighted by molar-refractivity contribution is 6.01. The number of hydrogen-bond donors (Lipinski definition) is 3. The normalized spacial score (nSPS) is 10.2. The third kappa shape index (κ3) is 7.44. The van der Waals surface area contributed by atoms with Gasteiger partial charge >= 0.3 is 12.1 Å². The highest BCUT2D eigenvalue weighted by Gasteiger charge is 2.16. The number of carbonyl (C=O) groups is 2. The lowest BCUT2D eigenvalue weighted by Gasteiger charge is -2.24. The summed E-state index contributed by atoms with van der Waals surface area (Å²) in [5.74, 6) is 2.12. The highest BCUT2D eigenvalue weighted by atomic mass is 16.5. The van der Waals surface area contributed by atoms with Crippen molar-refractivity contribution >= 4 is 23.4 Å². The molecule has 0 radical (unpaired) electrons. The molecule has 0 atom stereocenters. The highest BCUT2D eigenvalue weighted by Crippen LogP contribution is 2.25. The summed E-state index contributed by atoms with van der Waals surface area (Å²) in [6.07, 6.45) is 0.579. The number of carbonyl (C=O) groups excluding carboxylic acids is 2. The summed E-state index contributed by atoms with van der Waals surface area (Å²) in [5, 5.41) is 8.39. The van der Waals surface area contributed by atoms with Crippen molar-refractivity contribution in [2.45, 2.75) is 13.3 Å². The van der Waals surface area contributed by atoms with Crippen molar-refractivity contribution in [3.8, 4) is 17.2 Å². The first-order valence-electron chi connectivity index (χ1n) is 11.2. The molecule has 0 bridgehead atoms. The Balaban J connectivity index is 1.69. The first kappa shape index (κ1) is 24.4. The minimum absolute atomic E-state index is 0.223. The van der Waals surface area contributed by atoms with Gasteiger partial charge in [0.25, 0.3) is 0 Å². The molecule has 0 aromatic heterocycles. The molecular weight excluding hydrogens is 432 g/mol. The van der Waals surface area contributed by atoms with Crippen LogP contribution < -0.4 is 30.3 Å². The van der Waals surface area contributed by atoms with Crippen LogP contribution in [0, 0.1) is 0 Å². The molecule has 0 aliphatic heterocycles. The molecule has 0 spiro atoms. The minimum atomic E-state index is -0.278. The van der Waals surface area contributed by atoms with Crippen LogP contribution >= 0.6 is 0 Å². The number of benzene rings is 3. The molecule has 0 aliphatic carbocycles. The predicted molar refractivity (Wildman–Crippen MR) is 134 cm³/mol. The molecule has 3 N–H and O–H groups in total. The number of anilines is 2. The smallest absolute Gasteiger partial charge is 0.326 e. The number of nitrogens with one attached hydrogen (secondary N) is 3. The van der Waals surface area contributed by atoms with Crippen molar-refractivity contribution in [3.05, 3.63) is 78.9 Å². The maximum Gasteiger partial charge on any atom is 0.326 e. The van der Waals surface area contributed by atoms with Gasteiger partial charge < -0.3 is 25.4 Å². The third-order valence-electron chi connectivity index (χ3n) is 4.90. The summed E-state index contributed by atoms with van der Waals surface area (Å²) >= 11 is 0. The van der Waals surface area contributed by atoms with Crippen LogP contribution in [0.1, 0.15) is 13.3 Å². The van der Waals surface area contributed by atoms with E-state index in [2.05, 4.69) is 16.0 Å². The van der Waals surface area contributed by atoms with Gasteiger partial charge in [-0.3, -0.25) is 4.90 Å². The molecule has 0 heterocycles. The number of urea groups is 2. The number of methoxy groups -OCH3 is 1. The van der Waals surface area contributed by atoms with E-state index in [9.17, 15) is 9.59 Å². The second kappa shape index (κ2) is 12.7. The van der Waals surface area contributed by atoms with E-state index in [4.69, 9.17) is 9.47 Å². The zero-order chi connectivity index (χ0) is 24.2. The number of ether oxygens (including phenoxy) is 2. The monoisotopic (exact) mass is 462 g/mol. The second-order valence-electron chi connectivity index (χ2n) is 7.36. The Morgan fingerprint density at radius 1 is 0.824 bits per heavy atom. The SMILES string of the molecule is CCNC(=O)NCCCN(C(=O)Nc1ccc(OC)cc1)c1ccc(Oc2ccccc2)cc1. The average Bonchev–Trinajstić information content (AvgIpc) is 2.86. The van der Waals surface area contributed by atoms with E-state index in [1.807, 2.05) is 61.5 Å². The lowest BCUT2D eigenvalue weighted by molar-refractivity contribution is 0.241. The molecule has 0 fully saturated rings. The van der Waals surface area contributed by atoms with E-state index in [1.54, 1.807) is 36.3 Å². The number of para-hydroxylation sites is 1. The Labute approximate surface area is 199 Å². The number of nitrogens with zero attached hydrogens (tertiary/aromatic N) is 1. The summed E-state index contributed by atoms with van der Waals surface area (Å²) < 4.78 is 11.0. The van der Waals surface area contributed by atoms with Crippen LogP contribution in [-0.2, 0) is 0 Å². The van der Waals surface area contributed by atoms with Crippen molar-refractivity contribution in [2.75, 3.05) is 37.0 Å². The Kier molecular flexibility index (Phi) is 9.16. The summed E-state index contributed by atoms with van der Waals surface area (Å²) in [6.45, 7) is 3.26. The first-order chi connectivity index (χ1) is 16.6. The Morgan fingerprint density at radius 3 is 2.12 bits per heavy atom. The molecule has 0 saturated heterocycles. The van der Waals surface area contributed by atoms with Crippen LogP contribution in [0.5, 0.6) is 17.2 Å². The van der Waals surface area contributed by atoms with Gasteiger partial charge in [-0.2, -0.15) is 0 Å². The van der Waals surface area contributed by atoms with Gasteiger partial charge in [-0.15, -0.1) is 0 Å². The fourth-order valence-electron chi connectivity index (χ4n) is 3.19. The average molecular weight is 463 g/mol. The molecule has 3 aromatic rings. The largest absolute Gasteiger partial charge is 0.497 e. The first-order valence-corrected chi connectivity index (χ1v) is 11.2. The molecule has 178 valence electrons. The number of rotatable bonds is 10. The lowest BCUT2D eigenvalue weighted by Crippen LogP contribution is -2.39. The number of amides is 4. The van der Waals surface area contributed by atoms with Gasteiger partial charge in [-0.05, 0) is 74.0 Å². The summed E-state index contributed by atoms with van der Waals surface area (Å²) in [4.78, 5) is 26.4. The van der Waals surface area contributed by atoms with E-state index in [0.29, 0.717) is 48.9 Å². The van der Waals surface area contributed by atoms with Gasteiger partial charge in [0.05, 0.1) is 7.11 Å². The molecular formula is C26H30N4O4. The Hall–Kier alpha value is -4.20. The predicted octanol–water partition coefficient (Wildman–Crippen LogP) is 5.24. The summed E-state index contributed by atoms with van der Waals surface area (Å²) in [6, 6.07) is 23.4. The maximum absolute atomic E-state index is 13.1. The topological polar surface area (TPSA) is 91.9 Å². The van der Waals surface area contributed by atoms with Crippen molar-refractivity contribution in [3.63, 3.8) is 0 Å². The second-order valence-corrected chi connectivity index (χ2v) is 7.36. The van der Waals surface area contributed by atoms with Gasteiger partial charge in [0.2, 0.25) is 0 Å². The van der Waals surface area contributed by atoms with E-state index >= 15 is 0 Å². The molecule has 0 saturated carbocycles. The molecule has 4 amide bonds. The maximum atomic E-state index is 13.1. The molecule has 8 nitrogen and oxygen atoms in total. The van der Waals surface area contributed by atoms with E-state index < -0.39 is 0 Å². The fourth-order valence-corrected chi connectivity index (χ4v) is 3.19. The zero-order valence-corrected chi connectivity index (χ0v) is 19.4. The Bertz CT molecular complexity index is 1040. The Morgan fingerprint density at radius 2 is 1.47 bits per heavy atom. The van der Waals surface area contributed by atoms with Crippen molar-refractivity contribution in [1.82, 2.24) is 10.6 Å². The van der Waals surface area contributed by atoms with Crippen LogP contribution in [0.3, 0.4) is 0 Å². The van der Waals surface area contributed by atoms with Gasteiger partial charge in [0.1, 0.15) is 17.2 Å². The molecule has 3 rings (SSSR count). The summed E-state index contributed by atoms with van der Waals surface area (Å²) in [5.41, 5.74) is 1.37. The number of hydrogen-bond acceptors (Lipinski definition) is 4. The molecule has 3 aromatic carbocycles. The van der Waals surface area contributed by atoms with Gasteiger partial charge in [-0.25, -0.2) is 9.59 Å². The standard InChI is InChI=1S/C26H30N4O4/c1-3-27-25(31)28-18-7-19-30(26(32)29-20-10-14-22(33-2)15-11-20)21-12-16-24(17-13-21)34-23-8-5-4-6-9-23/h4-6,8-17H,3,7,18-19H2,1-2H3,(H,29,32)(H2,27,28,31). The van der Waals surface area contributed by atoms with Gasteiger partial charge in [-0.1, -0.05) is 18.2 Å². The lowest BCUT2D eigenvalue weighted by atomic mass is 10.2. The van der Waals surface area contributed by atoms with Crippen LogP contribution in [0.2, 0.25) is 0 Å². The van der Waals surface area contributed by atoms with Crippen molar-refractivity contribution < 1.29 is 19.1 Å². The van der Waals surface area contributed by atoms with Crippen LogP contribution in [0.4, 0.5) is 21.0 Å². The van der Waals surface area contributed by atoms with E-state index in [-0.39, 0.29) is 12.1 Å². The molecule has 34 heavy (non-hydrogen) atoms. The fraction of sp³-hybridized carbons (Fsp3) is 0.231. The van der Waals surface area contributed by atoms with Crippen molar-refractivity contribution in [1.29, 1.82) is 0 Å². The zero-order valence-electron chi connectivity index (χ0n) is 19.4. The summed E-state index contributed by atoms with van der Waals surface area (Å²) in [7, 11) is 1.59. The van der Waals surface area contributed by atoms with Crippen LogP contribution in [-0.4, -0.2) is 38.8 Å². The third-order valence-corrected chi connectivity index (χ3v) is 4.90. The quantitative estimate of drug-likeness (QED) is 0.360. The van der Waals surface area contributed by atoms with Crippen LogP contribution in [0.25, 0.3) is 0 Å². The minimum Gasteiger partial charge on any atom is -0.497 e. The van der Waals surface area contributed by atoms with E-state index in [0.717, 1.165) is 5.75 Å². The van der Waals surface area contributed by atoms with Gasteiger partial charge in [0, 0.05) is 31.0 Å². The molecule has 8 heteroatoms.